The fourth-order valence-electron chi connectivity index (χ4n) is 2.79. The van der Waals surface area contributed by atoms with Crippen molar-refractivity contribution >= 4 is 11.6 Å². The van der Waals surface area contributed by atoms with Gasteiger partial charge in [0.2, 0.25) is 0 Å². The quantitative estimate of drug-likeness (QED) is 0.661. The van der Waals surface area contributed by atoms with Crippen molar-refractivity contribution in [2.45, 2.75) is 18.9 Å². The molecule has 2 aromatic carbocycles. The Kier molecular flexibility index (Phi) is 4.39. The van der Waals surface area contributed by atoms with Gasteiger partial charge in [-0.3, -0.25) is 0 Å². The zero-order chi connectivity index (χ0) is 15.4. The van der Waals surface area contributed by atoms with E-state index < -0.39 is 0 Å². The lowest BCUT2D eigenvalue weighted by atomic mass is 10.0. The molecule has 0 aliphatic carbocycles. The van der Waals surface area contributed by atoms with Gasteiger partial charge in [-0.25, -0.2) is 4.99 Å². The molecule has 4 nitrogen and oxygen atoms in total. The van der Waals surface area contributed by atoms with Gasteiger partial charge in [0.15, 0.2) is 5.96 Å². The summed E-state index contributed by atoms with van der Waals surface area (Å²) in [5.74, 6) is 0.474. The number of rotatable bonds is 2. The number of aliphatic hydroxyl groups is 1. The fourth-order valence-corrected chi connectivity index (χ4v) is 2.79. The number of guanidine groups is 1. The molecule has 1 aliphatic heterocycles. The molecule has 0 radical (unpaired) electrons. The second kappa shape index (κ2) is 6.62. The Balaban J connectivity index is 1.90. The van der Waals surface area contributed by atoms with Gasteiger partial charge in [-0.05, 0) is 24.5 Å². The first kappa shape index (κ1) is 14.6. The zero-order valence-corrected chi connectivity index (χ0v) is 12.5. The predicted molar refractivity (Wildman–Crippen MR) is 90.0 cm³/mol. The lowest BCUT2D eigenvalue weighted by molar-refractivity contribution is 0.102. The number of para-hydroxylation sites is 1. The van der Waals surface area contributed by atoms with Crippen molar-refractivity contribution in [2.24, 2.45) is 10.7 Å². The van der Waals surface area contributed by atoms with Crippen molar-refractivity contribution in [1.82, 2.24) is 4.90 Å². The monoisotopic (exact) mass is 295 g/mol. The summed E-state index contributed by atoms with van der Waals surface area (Å²) in [6.07, 6.45) is 1.47. The number of hydrogen-bond donors (Lipinski definition) is 2. The fraction of sp³-hybridized carbons (Fsp3) is 0.278. The van der Waals surface area contributed by atoms with Crippen molar-refractivity contribution < 1.29 is 5.11 Å². The minimum Gasteiger partial charge on any atom is -0.391 e. The SMILES string of the molecule is NC(=Nc1ccccc1-c1ccccc1)N1CCCC(O)C1. The van der Waals surface area contributed by atoms with Crippen LogP contribution in [0.1, 0.15) is 12.8 Å². The number of β-amino-alcohol motifs (C(OH)–C–C–N with tert-alkyl or cyclic N) is 1. The van der Waals surface area contributed by atoms with E-state index in [0.717, 1.165) is 36.2 Å². The average molecular weight is 295 g/mol. The summed E-state index contributed by atoms with van der Waals surface area (Å²) in [4.78, 5) is 6.56. The summed E-state index contributed by atoms with van der Waals surface area (Å²) < 4.78 is 0. The lowest BCUT2D eigenvalue weighted by Crippen LogP contribution is -2.45. The van der Waals surface area contributed by atoms with Gasteiger partial charge in [-0.1, -0.05) is 48.5 Å². The van der Waals surface area contributed by atoms with Crippen molar-refractivity contribution in [2.75, 3.05) is 13.1 Å². The van der Waals surface area contributed by atoms with E-state index >= 15 is 0 Å². The van der Waals surface area contributed by atoms with E-state index in [9.17, 15) is 5.11 Å². The van der Waals surface area contributed by atoms with Gasteiger partial charge in [0.1, 0.15) is 0 Å². The van der Waals surface area contributed by atoms with Crippen LogP contribution in [0.5, 0.6) is 0 Å². The third-order valence-electron chi connectivity index (χ3n) is 3.94. The summed E-state index contributed by atoms with van der Waals surface area (Å²) in [5.41, 5.74) is 9.19. The van der Waals surface area contributed by atoms with E-state index in [0.29, 0.717) is 12.5 Å². The second-order valence-corrected chi connectivity index (χ2v) is 5.60. The van der Waals surface area contributed by atoms with Crippen molar-refractivity contribution in [3.05, 3.63) is 54.6 Å². The van der Waals surface area contributed by atoms with E-state index in [4.69, 9.17) is 5.73 Å². The maximum absolute atomic E-state index is 9.77. The van der Waals surface area contributed by atoms with Gasteiger partial charge in [0.25, 0.3) is 0 Å². The number of hydrogen-bond acceptors (Lipinski definition) is 2. The summed E-state index contributed by atoms with van der Waals surface area (Å²) in [5, 5.41) is 9.77. The number of piperidine rings is 1. The number of benzene rings is 2. The molecule has 0 bridgehead atoms. The van der Waals surface area contributed by atoms with Crippen LogP contribution in [-0.2, 0) is 0 Å². The summed E-state index contributed by atoms with van der Waals surface area (Å²) >= 11 is 0. The maximum Gasteiger partial charge on any atom is 0.196 e. The Hall–Kier alpha value is -2.33. The van der Waals surface area contributed by atoms with E-state index in [-0.39, 0.29) is 6.10 Å². The second-order valence-electron chi connectivity index (χ2n) is 5.60. The van der Waals surface area contributed by atoms with Crippen molar-refractivity contribution in [3.63, 3.8) is 0 Å². The molecule has 1 saturated heterocycles. The van der Waals surface area contributed by atoms with Gasteiger partial charge in [-0.2, -0.15) is 0 Å². The molecule has 22 heavy (non-hydrogen) atoms. The molecule has 0 saturated carbocycles. The van der Waals surface area contributed by atoms with Crippen LogP contribution in [0.2, 0.25) is 0 Å². The van der Waals surface area contributed by atoms with Crippen LogP contribution in [0.15, 0.2) is 59.6 Å². The van der Waals surface area contributed by atoms with Crippen LogP contribution in [0.3, 0.4) is 0 Å². The van der Waals surface area contributed by atoms with E-state index in [1.807, 2.05) is 47.4 Å². The Bertz CT molecular complexity index is 654. The smallest absolute Gasteiger partial charge is 0.196 e. The molecule has 4 heteroatoms. The molecule has 3 N–H and O–H groups in total. The predicted octanol–water partition coefficient (Wildman–Crippen LogP) is 2.76. The van der Waals surface area contributed by atoms with Crippen LogP contribution in [0.4, 0.5) is 5.69 Å². The highest BCUT2D eigenvalue weighted by Crippen LogP contribution is 2.30. The maximum atomic E-state index is 9.77. The van der Waals surface area contributed by atoms with Crippen molar-refractivity contribution in [1.29, 1.82) is 0 Å². The number of aliphatic hydroxyl groups excluding tert-OH is 1. The Morgan fingerprint density at radius 2 is 1.82 bits per heavy atom. The van der Waals surface area contributed by atoms with Crippen LogP contribution >= 0.6 is 0 Å². The molecule has 1 atom stereocenters. The zero-order valence-electron chi connectivity index (χ0n) is 12.5. The minimum atomic E-state index is -0.313. The molecule has 114 valence electrons. The third-order valence-corrected chi connectivity index (χ3v) is 3.94. The first-order chi connectivity index (χ1) is 10.7. The molecule has 0 aromatic heterocycles. The topological polar surface area (TPSA) is 61.8 Å². The number of nitrogens with zero attached hydrogens (tertiary/aromatic N) is 2. The van der Waals surface area contributed by atoms with Gasteiger partial charge in [0.05, 0.1) is 11.8 Å². The van der Waals surface area contributed by atoms with E-state index in [1.54, 1.807) is 0 Å². The number of likely N-dealkylation sites (tertiary alicyclic amines) is 1. The molecule has 2 aromatic rings. The molecule has 1 fully saturated rings. The first-order valence-corrected chi connectivity index (χ1v) is 7.65. The van der Waals surface area contributed by atoms with Gasteiger partial charge in [0, 0.05) is 18.7 Å². The Morgan fingerprint density at radius 3 is 2.59 bits per heavy atom. The minimum absolute atomic E-state index is 0.313. The lowest BCUT2D eigenvalue weighted by Gasteiger charge is -2.30. The Labute approximate surface area is 130 Å². The molecular weight excluding hydrogens is 274 g/mol. The highest BCUT2D eigenvalue weighted by Gasteiger charge is 2.19. The molecule has 0 amide bonds. The largest absolute Gasteiger partial charge is 0.391 e. The average Bonchev–Trinajstić information content (AvgIpc) is 2.56. The molecule has 3 rings (SSSR count). The van der Waals surface area contributed by atoms with Crippen molar-refractivity contribution in [3.8, 4) is 11.1 Å². The van der Waals surface area contributed by atoms with Crippen LogP contribution < -0.4 is 5.73 Å². The first-order valence-electron chi connectivity index (χ1n) is 7.65. The normalized spacial score (nSPS) is 19.2. The summed E-state index contributed by atoms with van der Waals surface area (Å²) in [6.45, 7) is 1.41. The van der Waals surface area contributed by atoms with Crippen LogP contribution in [0.25, 0.3) is 11.1 Å². The highest BCUT2D eigenvalue weighted by atomic mass is 16.3. The van der Waals surface area contributed by atoms with Crippen LogP contribution in [0, 0.1) is 0 Å². The Morgan fingerprint density at radius 1 is 1.09 bits per heavy atom. The standard InChI is InChI=1S/C18H21N3O/c19-18(21-12-6-9-15(22)13-21)20-17-11-5-4-10-16(17)14-7-2-1-3-8-14/h1-5,7-8,10-11,15,22H,6,9,12-13H2,(H2,19,20). The number of nitrogens with two attached hydrogens (primary N) is 1. The molecule has 0 spiro atoms. The summed E-state index contributed by atoms with van der Waals surface area (Å²) in [6, 6.07) is 18.1. The molecule has 1 heterocycles. The van der Waals surface area contributed by atoms with E-state index in [2.05, 4.69) is 17.1 Å². The summed E-state index contributed by atoms with van der Waals surface area (Å²) in [7, 11) is 0. The highest BCUT2D eigenvalue weighted by molar-refractivity contribution is 5.85. The number of aliphatic imine (C=N–C) groups is 1. The van der Waals surface area contributed by atoms with Gasteiger partial charge >= 0.3 is 0 Å². The molecular formula is C18H21N3O. The molecule has 1 aliphatic rings. The van der Waals surface area contributed by atoms with E-state index in [1.165, 1.54) is 0 Å². The van der Waals surface area contributed by atoms with Gasteiger partial charge in [-0.15, -0.1) is 0 Å². The van der Waals surface area contributed by atoms with Gasteiger partial charge < -0.3 is 15.7 Å². The van der Waals surface area contributed by atoms with Crippen LogP contribution in [-0.4, -0.2) is 35.2 Å². The molecule has 1 unspecified atom stereocenters. The third kappa shape index (κ3) is 3.28.